The van der Waals surface area contributed by atoms with Gasteiger partial charge >= 0.3 is 6.03 Å². The molecule has 2 aromatic heterocycles. The SMILES string of the molecule is CCNC(=O)N1CCN(c2cc(Cl)nc(SCC(=O)NCCc3ccccn3)n2)CC1C. The van der Waals surface area contributed by atoms with E-state index < -0.39 is 0 Å². The van der Waals surface area contributed by atoms with Crippen molar-refractivity contribution in [3.8, 4) is 0 Å². The van der Waals surface area contributed by atoms with Crippen LogP contribution in [-0.2, 0) is 11.2 Å². The van der Waals surface area contributed by atoms with Crippen molar-refractivity contribution < 1.29 is 9.59 Å². The van der Waals surface area contributed by atoms with E-state index in [2.05, 4.69) is 30.5 Å². The molecule has 2 N–H and O–H groups in total. The van der Waals surface area contributed by atoms with E-state index in [-0.39, 0.29) is 23.7 Å². The molecule has 0 aliphatic carbocycles. The van der Waals surface area contributed by atoms with Gasteiger partial charge in [0.15, 0.2) is 5.16 Å². The molecule has 1 aliphatic rings. The lowest BCUT2D eigenvalue weighted by molar-refractivity contribution is -0.118. The van der Waals surface area contributed by atoms with E-state index in [0.717, 1.165) is 5.69 Å². The van der Waals surface area contributed by atoms with Crippen molar-refractivity contribution >= 4 is 41.1 Å². The third-order valence-electron chi connectivity index (χ3n) is 4.96. The highest BCUT2D eigenvalue weighted by Gasteiger charge is 2.28. The normalized spacial score (nSPS) is 16.0. The van der Waals surface area contributed by atoms with Crippen molar-refractivity contribution in [1.82, 2.24) is 30.5 Å². The molecular weight excluding hydrogens is 450 g/mol. The zero-order valence-electron chi connectivity index (χ0n) is 18.3. The van der Waals surface area contributed by atoms with Gasteiger partial charge in [-0.2, -0.15) is 0 Å². The highest BCUT2D eigenvalue weighted by atomic mass is 35.5. The molecule has 3 heterocycles. The van der Waals surface area contributed by atoms with Crippen LogP contribution in [-0.4, -0.2) is 76.3 Å². The number of carbonyl (C=O) groups excluding carboxylic acids is 2. The Morgan fingerprint density at radius 3 is 2.81 bits per heavy atom. The number of rotatable bonds is 8. The minimum atomic E-state index is -0.0970. The van der Waals surface area contributed by atoms with Crippen LogP contribution in [0.1, 0.15) is 19.5 Å². The van der Waals surface area contributed by atoms with E-state index in [0.29, 0.717) is 55.3 Å². The third kappa shape index (κ3) is 6.96. The largest absolute Gasteiger partial charge is 0.355 e. The molecule has 1 saturated heterocycles. The number of pyridine rings is 1. The number of piperazine rings is 1. The van der Waals surface area contributed by atoms with Crippen LogP contribution in [0.3, 0.4) is 0 Å². The number of urea groups is 1. The van der Waals surface area contributed by atoms with Crippen LogP contribution in [0.4, 0.5) is 10.6 Å². The summed E-state index contributed by atoms with van der Waals surface area (Å²) in [6.07, 6.45) is 2.41. The average molecular weight is 478 g/mol. The van der Waals surface area contributed by atoms with E-state index in [4.69, 9.17) is 11.6 Å². The molecule has 0 saturated carbocycles. The summed E-state index contributed by atoms with van der Waals surface area (Å²) < 4.78 is 0. The van der Waals surface area contributed by atoms with E-state index in [9.17, 15) is 9.59 Å². The fourth-order valence-electron chi connectivity index (χ4n) is 3.39. The predicted octanol–water partition coefficient (Wildman–Crippen LogP) is 2.22. The van der Waals surface area contributed by atoms with Crippen LogP contribution < -0.4 is 15.5 Å². The molecule has 172 valence electrons. The second-order valence-electron chi connectivity index (χ2n) is 7.37. The van der Waals surface area contributed by atoms with Crippen molar-refractivity contribution in [3.63, 3.8) is 0 Å². The Labute approximate surface area is 197 Å². The van der Waals surface area contributed by atoms with Crippen molar-refractivity contribution in [1.29, 1.82) is 0 Å². The van der Waals surface area contributed by atoms with Gasteiger partial charge in [0.25, 0.3) is 0 Å². The van der Waals surface area contributed by atoms with Crippen LogP contribution in [0, 0.1) is 0 Å². The molecule has 1 unspecified atom stereocenters. The van der Waals surface area contributed by atoms with E-state index in [1.54, 1.807) is 12.3 Å². The fourth-order valence-corrected chi connectivity index (χ4v) is 4.30. The summed E-state index contributed by atoms with van der Waals surface area (Å²) in [6, 6.07) is 7.42. The maximum Gasteiger partial charge on any atom is 0.317 e. The van der Waals surface area contributed by atoms with Crippen molar-refractivity contribution in [3.05, 3.63) is 41.3 Å². The summed E-state index contributed by atoms with van der Waals surface area (Å²) in [5.41, 5.74) is 0.935. The Balaban J connectivity index is 1.51. The highest BCUT2D eigenvalue weighted by molar-refractivity contribution is 7.99. The standard InChI is InChI=1S/C21H28ClN7O2S/c1-3-23-21(31)29-11-10-28(13-15(29)2)18-12-17(22)26-20(27-18)32-14-19(30)25-9-7-16-6-4-5-8-24-16/h4-6,8,12,15H,3,7,9-11,13-14H2,1-2H3,(H,23,31)(H,25,30). The van der Waals surface area contributed by atoms with Crippen LogP contribution >= 0.6 is 23.4 Å². The first-order valence-corrected chi connectivity index (χ1v) is 12.0. The van der Waals surface area contributed by atoms with Crippen molar-refractivity contribution in [2.75, 3.05) is 43.4 Å². The number of aromatic nitrogens is 3. The summed E-state index contributed by atoms with van der Waals surface area (Å²) in [5.74, 6) is 0.800. The predicted molar refractivity (Wildman–Crippen MR) is 126 cm³/mol. The lowest BCUT2D eigenvalue weighted by atomic mass is 10.2. The van der Waals surface area contributed by atoms with E-state index >= 15 is 0 Å². The molecule has 11 heteroatoms. The van der Waals surface area contributed by atoms with Gasteiger partial charge in [0.1, 0.15) is 11.0 Å². The van der Waals surface area contributed by atoms with Crippen LogP contribution in [0.25, 0.3) is 0 Å². The van der Waals surface area contributed by atoms with Crippen molar-refractivity contribution in [2.45, 2.75) is 31.5 Å². The minimum absolute atomic E-state index is 0.0324. The zero-order valence-corrected chi connectivity index (χ0v) is 19.8. The molecule has 3 rings (SSSR count). The quantitative estimate of drug-likeness (QED) is 0.341. The monoisotopic (exact) mass is 477 g/mol. The number of nitrogens with zero attached hydrogens (tertiary/aromatic N) is 5. The first-order chi connectivity index (χ1) is 15.5. The Kier molecular flexibility index (Phi) is 8.92. The number of hydrogen-bond donors (Lipinski definition) is 2. The molecule has 2 aromatic rings. The Morgan fingerprint density at radius 2 is 2.09 bits per heavy atom. The minimum Gasteiger partial charge on any atom is -0.355 e. The van der Waals surface area contributed by atoms with Gasteiger partial charge in [0.05, 0.1) is 5.75 Å². The number of halogens is 1. The Morgan fingerprint density at radius 1 is 1.25 bits per heavy atom. The summed E-state index contributed by atoms with van der Waals surface area (Å²) in [6.45, 7) is 6.92. The number of nitrogens with one attached hydrogen (secondary N) is 2. The van der Waals surface area contributed by atoms with Gasteiger partial charge in [-0.1, -0.05) is 29.4 Å². The molecule has 0 radical (unpaired) electrons. The third-order valence-corrected chi connectivity index (χ3v) is 6.00. The van der Waals surface area contributed by atoms with Crippen molar-refractivity contribution in [2.24, 2.45) is 0 Å². The first kappa shape index (κ1) is 24.1. The Bertz CT molecular complexity index is 918. The van der Waals surface area contributed by atoms with Gasteiger partial charge in [0.2, 0.25) is 5.91 Å². The Hall–Kier alpha value is -2.59. The molecule has 0 spiro atoms. The number of anilines is 1. The van der Waals surface area contributed by atoms with Gasteiger partial charge in [0, 0.05) is 63.1 Å². The number of carbonyl (C=O) groups is 2. The topological polar surface area (TPSA) is 103 Å². The van der Waals surface area contributed by atoms with E-state index in [1.807, 2.05) is 36.9 Å². The lowest BCUT2D eigenvalue weighted by Crippen LogP contribution is -2.56. The highest BCUT2D eigenvalue weighted by Crippen LogP contribution is 2.24. The smallest absolute Gasteiger partial charge is 0.317 e. The maximum atomic E-state index is 12.2. The summed E-state index contributed by atoms with van der Waals surface area (Å²) in [7, 11) is 0. The molecular formula is C21H28ClN7O2S. The molecule has 1 aliphatic heterocycles. The maximum absolute atomic E-state index is 12.2. The number of amides is 3. The van der Waals surface area contributed by atoms with Crippen LogP contribution in [0.15, 0.2) is 35.6 Å². The van der Waals surface area contributed by atoms with Gasteiger partial charge in [-0.05, 0) is 26.0 Å². The molecule has 3 amide bonds. The molecule has 1 atom stereocenters. The van der Waals surface area contributed by atoms with Gasteiger partial charge in [-0.3, -0.25) is 9.78 Å². The molecule has 9 nitrogen and oxygen atoms in total. The summed E-state index contributed by atoms with van der Waals surface area (Å²) in [5, 5.41) is 6.51. The molecule has 1 fully saturated rings. The number of thioether (sulfide) groups is 1. The molecule has 0 bridgehead atoms. The first-order valence-electron chi connectivity index (χ1n) is 10.6. The van der Waals surface area contributed by atoms with Gasteiger partial charge in [-0.25, -0.2) is 14.8 Å². The zero-order chi connectivity index (χ0) is 22.9. The van der Waals surface area contributed by atoms with Gasteiger partial charge < -0.3 is 20.4 Å². The van der Waals surface area contributed by atoms with Crippen LogP contribution in [0.5, 0.6) is 0 Å². The summed E-state index contributed by atoms with van der Waals surface area (Å²) >= 11 is 7.46. The second kappa shape index (κ2) is 11.9. The van der Waals surface area contributed by atoms with E-state index in [1.165, 1.54) is 11.8 Å². The summed E-state index contributed by atoms with van der Waals surface area (Å²) in [4.78, 5) is 41.3. The lowest BCUT2D eigenvalue weighted by Gasteiger charge is -2.40. The number of hydrogen-bond acceptors (Lipinski definition) is 7. The van der Waals surface area contributed by atoms with Gasteiger partial charge in [-0.15, -0.1) is 0 Å². The molecule has 0 aromatic carbocycles. The fraction of sp³-hybridized carbons (Fsp3) is 0.476. The van der Waals surface area contributed by atoms with Crippen LogP contribution in [0.2, 0.25) is 5.15 Å². The molecule has 32 heavy (non-hydrogen) atoms. The second-order valence-corrected chi connectivity index (χ2v) is 8.69. The average Bonchev–Trinajstić information content (AvgIpc) is 2.78.